The van der Waals surface area contributed by atoms with Gasteiger partial charge in [0.2, 0.25) is 0 Å². The van der Waals surface area contributed by atoms with Crippen molar-refractivity contribution in [3.05, 3.63) is 35.3 Å². The maximum Gasteiger partial charge on any atom is 0.180 e. The molecule has 2 N–H and O–H groups in total. The van der Waals surface area contributed by atoms with Crippen LogP contribution in [0.15, 0.2) is 35.4 Å². The molecule has 0 bridgehead atoms. The summed E-state index contributed by atoms with van der Waals surface area (Å²) < 4.78 is 5.61. The Bertz CT molecular complexity index is 453. The van der Waals surface area contributed by atoms with Gasteiger partial charge in [-0.25, -0.2) is 4.98 Å². The average Bonchev–Trinajstić information content (AvgIpc) is 2.73. The molecule has 0 aliphatic carbocycles. The van der Waals surface area contributed by atoms with Crippen molar-refractivity contribution in [1.29, 1.82) is 0 Å². The van der Waals surface area contributed by atoms with E-state index in [-0.39, 0.29) is 0 Å². The topological polar surface area (TPSA) is 48.1 Å². The molecule has 0 unspecified atom stereocenters. The van der Waals surface area contributed by atoms with Gasteiger partial charge in [0.25, 0.3) is 0 Å². The van der Waals surface area contributed by atoms with Crippen LogP contribution in [-0.2, 0) is 6.61 Å². The number of anilines is 1. The lowest BCUT2D eigenvalue weighted by Crippen LogP contribution is -1.92. The summed E-state index contributed by atoms with van der Waals surface area (Å²) in [5.74, 6) is 0.866. The SMILES string of the molecule is CSc1ccc(OCc2cnc(N)s2)cc1. The molecule has 0 amide bonds. The second-order valence-electron chi connectivity index (χ2n) is 3.13. The fourth-order valence-corrected chi connectivity index (χ4v) is 2.22. The Kier molecular flexibility index (Phi) is 3.69. The number of nitrogen functional groups attached to an aromatic ring is 1. The molecule has 84 valence electrons. The summed E-state index contributed by atoms with van der Waals surface area (Å²) >= 11 is 3.17. The third-order valence-corrected chi connectivity index (χ3v) is 3.56. The van der Waals surface area contributed by atoms with Crippen LogP contribution >= 0.6 is 23.1 Å². The van der Waals surface area contributed by atoms with Crippen molar-refractivity contribution < 1.29 is 4.74 Å². The number of nitrogens with two attached hydrogens (primary N) is 1. The minimum atomic E-state index is 0.521. The van der Waals surface area contributed by atoms with E-state index in [1.807, 2.05) is 24.3 Å². The van der Waals surface area contributed by atoms with Gasteiger partial charge in [0, 0.05) is 11.1 Å². The van der Waals surface area contributed by atoms with Gasteiger partial charge in [-0.05, 0) is 30.5 Å². The van der Waals surface area contributed by atoms with Crippen LogP contribution < -0.4 is 10.5 Å². The zero-order valence-electron chi connectivity index (χ0n) is 8.84. The number of thiazole rings is 1. The maximum atomic E-state index is 5.61. The van der Waals surface area contributed by atoms with Crippen molar-refractivity contribution in [2.75, 3.05) is 12.0 Å². The molecule has 0 aliphatic heterocycles. The number of ether oxygens (including phenoxy) is 1. The van der Waals surface area contributed by atoms with E-state index in [2.05, 4.69) is 11.2 Å². The van der Waals surface area contributed by atoms with Gasteiger partial charge in [0.15, 0.2) is 5.13 Å². The fraction of sp³-hybridized carbons (Fsp3) is 0.182. The highest BCUT2D eigenvalue weighted by atomic mass is 32.2. The van der Waals surface area contributed by atoms with E-state index in [0.717, 1.165) is 10.6 Å². The van der Waals surface area contributed by atoms with Crippen molar-refractivity contribution in [3.8, 4) is 5.75 Å². The van der Waals surface area contributed by atoms with Crippen molar-refractivity contribution in [2.24, 2.45) is 0 Å². The van der Waals surface area contributed by atoms with Crippen molar-refractivity contribution in [3.63, 3.8) is 0 Å². The minimum absolute atomic E-state index is 0.521. The van der Waals surface area contributed by atoms with Crippen LogP contribution in [0.3, 0.4) is 0 Å². The molecule has 0 aliphatic rings. The number of nitrogens with zero attached hydrogens (tertiary/aromatic N) is 1. The lowest BCUT2D eigenvalue weighted by molar-refractivity contribution is 0.309. The molecule has 2 aromatic rings. The van der Waals surface area contributed by atoms with E-state index in [9.17, 15) is 0 Å². The number of aromatic nitrogens is 1. The fourth-order valence-electron chi connectivity index (χ4n) is 1.22. The number of thioether (sulfide) groups is 1. The second-order valence-corrected chi connectivity index (χ2v) is 5.16. The molecule has 3 nitrogen and oxygen atoms in total. The van der Waals surface area contributed by atoms with E-state index >= 15 is 0 Å². The summed E-state index contributed by atoms with van der Waals surface area (Å²) in [7, 11) is 0. The Morgan fingerprint density at radius 2 is 2.12 bits per heavy atom. The molecule has 1 aromatic carbocycles. The van der Waals surface area contributed by atoms with Crippen LogP contribution in [0.25, 0.3) is 0 Å². The quantitative estimate of drug-likeness (QED) is 0.850. The summed E-state index contributed by atoms with van der Waals surface area (Å²) in [5.41, 5.74) is 5.53. The molecular weight excluding hydrogens is 240 g/mol. The van der Waals surface area contributed by atoms with Gasteiger partial charge in [-0.2, -0.15) is 0 Å². The molecule has 1 heterocycles. The third kappa shape index (κ3) is 2.90. The van der Waals surface area contributed by atoms with Crippen LogP contribution in [0.1, 0.15) is 4.88 Å². The summed E-state index contributed by atoms with van der Waals surface area (Å²) in [6.45, 7) is 0.521. The number of benzene rings is 1. The molecule has 1 aromatic heterocycles. The molecule has 0 fully saturated rings. The van der Waals surface area contributed by atoms with Gasteiger partial charge in [0.05, 0.1) is 4.88 Å². The van der Waals surface area contributed by atoms with Crippen LogP contribution in [0.2, 0.25) is 0 Å². The predicted octanol–water partition coefficient (Wildman–Crippen LogP) is 3.03. The van der Waals surface area contributed by atoms with Gasteiger partial charge >= 0.3 is 0 Å². The predicted molar refractivity (Wildman–Crippen MR) is 69.1 cm³/mol. The van der Waals surface area contributed by atoms with E-state index < -0.39 is 0 Å². The monoisotopic (exact) mass is 252 g/mol. The van der Waals surface area contributed by atoms with Crippen molar-refractivity contribution in [1.82, 2.24) is 4.98 Å². The van der Waals surface area contributed by atoms with E-state index in [1.54, 1.807) is 18.0 Å². The standard InChI is InChI=1S/C11H12N2OS2/c1-15-9-4-2-8(3-5-9)14-7-10-6-13-11(12)16-10/h2-6H,7H2,1H3,(H2,12,13). The average molecular weight is 252 g/mol. The normalized spacial score (nSPS) is 10.3. The van der Waals surface area contributed by atoms with Crippen LogP contribution in [0, 0.1) is 0 Å². The first-order chi connectivity index (χ1) is 7.78. The first-order valence-corrected chi connectivity index (χ1v) is 6.79. The zero-order valence-corrected chi connectivity index (χ0v) is 10.5. The Hall–Kier alpha value is -1.20. The number of hydrogen-bond acceptors (Lipinski definition) is 5. The van der Waals surface area contributed by atoms with E-state index in [1.165, 1.54) is 16.2 Å². The van der Waals surface area contributed by atoms with Crippen LogP contribution in [0.5, 0.6) is 5.75 Å². The molecule has 0 saturated heterocycles. The first-order valence-electron chi connectivity index (χ1n) is 4.75. The molecule has 0 spiro atoms. The molecule has 2 rings (SSSR count). The van der Waals surface area contributed by atoms with Crippen LogP contribution in [-0.4, -0.2) is 11.2 Å². The highest BCUT2D eigenvalue weighted by molar-refractivity contribution is 7.98. The Labute approximate surface area is 103 Å². The molecule has 16 heavy (non-hydrogen) atoms. The first kappa shape index (κ1) is 11.3. The summed E-state index contributed by atoms with van der Waals surface area (Å²) in [4.78, 5) is 6.23. The lowest BCUT2D eigenvalue weighted by atomic mass is 10.3. The summed E-state index contributed by atoms with van der Waals surface area (Å²) in [5, 5.41) is 0.580. The smallest absolute Gasteiger partial charge is 0.180 e. The van der Waals surface area contributed by atoms with Gasteiger partial charge in [-0.15, -0.1) is 11.8 Å². The largest absolute Gasteiger partial charge is 0.488 e. The van der Waals surface area contributed by atoms with Crippen LogP contribution in [0.4, 0.5) is 5.13 Å². The Balaban J connectivity index is 1.94. The molecule has 5 heteroatoms. The third-order valence-electron chi connectivity index (χ3n) is 2.01. The molecular formula is C11H12N2OS2. The lowest BCUT2D eigenvalue weighted by Gasteiger charge is -2.04. The number of rotatable bonds is 4. The van der Waals surface area contributed by atoms with Crippen molar-refractivity contribution >= 4 is 28.2 Å². The molecule has 0 radical (unpaired) electrons. The highest BCUT2D eigenvalue weighted by Crippen LogP contribution is 2.21. The van der Waals surface area contributed by atoms with Gasteiger partial charge in [-0.1, -0.05) is 11.3 Å². The van der Waals surface area contributed by atoms with E-state index in [0.29, 0.717) is 11.7 Å². The Morgan fingerprint density at radius 3 is 2.69 bits per heavy atom. The highest BCUT2D eigenvalue weighted by Gasteiger charge is 2.00. The zero-order chi connectivity index (χ0) is 11.4. The molecule has 0 atom stereocenters. The van der Waals surface area contributed by atoms with Crippen molar-refractivity contribution in [2.45, 2.75) is 11.5 Å². The molecule has 0 saturated carbocycles. The minimum Gasteiger partial charge on any atom is -0.488 e. The maximum absolute atomic E-state index is 5.61. The Morgan fingerprint density at radius 1 is 1.38 bits per heavy atom. The summed E-state index contributed by atoms with van der Waals surface area (Å²) in [6, 6.07) is 8.02. The van der Waals surface area contributed by atoms with Gasteiger partial charge in [0.1, 0.15) is 12.4 Å². The van der Waals surface area contributed by atoms with Gasteiger partial charge in [-0.3, -0.25) is 0 Å². The van der Waals surface area contributed by atoms with E-state index in [4.69, 9.17) is 10.5 Å². The van der Waals surface area contributed by atoms with Gasteiger partial charge < -0.3 is 10.5 Å². The number of hydrogen-bond donors (Lipinski definition) is 1. The second kappa shape index (κ2) is 5.23. The summed E-state index contributed by atoms with van der Waals surface area (Å²) in [6.07, 6.45) is 3.80.